The largest absolute Gasteiger partial charge is 0.309 e. The summed E-state index contributed by atoms with van der Waals surface area (Å²) < 4.78 is 2.50. The highest BCUT2D eigenvalue weighted by atomic mass is 15.0. The summed E-state index contributed by atoms with van der Waals surface area (Å²) in [5.41, 5.74) is 18.5. The van der Waals surface area contributed by atoms with Crippen LogP contribution in [0.15, 0.2) is 218 Å². The fourth-order valence-corrected chi connectivity index (χ4v) is 10.5. The molecule has 62 heavy (non-hydrogen) atoms. The number of rotatable bonds is 5. The molecule has 13 rings (SSSR count). The summed E-state index contributed by atoms with van der Waals surface area (Å²) in [4.78, 5) is 15.2. The SMILES string of the molecule is c1ccc(-c2cccc(-c3nc(-c4ccccc4)nc(-c4ccc(-c5cccc6c5-c5ccccc5C65c6ccccc6-n6c7ccccc7c7cccc5c76)cc4)n3)c2)cc1. The van der Waals surface area contributed by atoms with Crippen LogP contribution in [-0.2, 0) is 5.41 Å². The van der Waals surface area contributed by atoms with Crippen LogP contribution in [0.2, 0.25) is 0 Å². The summed E-state index contributed by atoms with van der Waals surface area (Å²) in [6.45, 7) is 0. The van der Waals surface area contributed by atoms with E-state index >= 15 is 0 Å². The molecule has 1 aliphatic carbocycles. The molecular weight excluding hydrogens is 753 g/mol. The van der Waals surface area contributed by atoms with E-state index in [1.807, 2.05) is 24.3 Å². The predicted octanol–water partition coefficient (Wildman–Crippen LogP) is 14.0. The highest BCUT2D eigenvalue weighted by Gasteiger charge is 2.51. The van der Waals surface area contributed by atoms with Gasteiger partial charge in [-0.2, -0.15) is 0 Å². The number of hydrogen-bond donors (Lipinski definition) is 0. The van der Waals surface area contributed by atoms with Crippen LogP contribution in [-0.4, -0.2) is 19.5 Å². The molecule has 2 aromatic heterocycles. The van der Waals surface area contributed by atoms with Gasteiger partial charge in [0.25, 0.3) is 0 Å². The van der Waals surface area contributed by atoms with Crippen molar-refractivity contribution in [1.29, 1.82) is 0 Å². The number of aromatic nitrogens is 4. The third-order valence-corrected chi connectivity index (χ3v) is 13.1. The highest BCUT2D eigenvalue weighted by molar-refractivity contribution is 6.13. The fraction of sp³-hybridized carbons (Fsp3) is 0.0172. The monoisotopic (exact) mass is 788 g/mol. The van der Waals surface area contributed by atoms with Crippen LogP contribution >= 0.6 is 0 Å². The van der Waals surface area contributed by atoms with Gasteiger partial charge < -0.3 is 4.57 Å². The zero-order valence-electron chi connectivity index (χ0n) is 33.6. The van der Waals surface area contributed by atoms with Crippen LogP contribution in [0.25, 0.3) is 95.0 Å². The van der Waals surface area contributed by atoms with Crippen LogP contribution < -0.4 is 0 Å². The van der Waals surface area contributed by atoms with Gasteiger partial charge >= 0.3 is 0 Å². The first-order valence-corrected chi connectivity index (χ1v) is 21.2. The minimum absolute atomic E-state index is 0.505. The molecule has 0 amide bonds. The smallest absolute Gasteiger partial charge is 0.164 e. The van der Waals surface area contributed by atoms with E-state index in [0.717, 1.165) is 33.4 Å². The molecule has 0 saturated carbocycles. The van der Waals surface area contributed by atoms with Crippen molar-refractivity contribution in [3.63, 3.8) is 0 Å². The Morgan fingerprint density at radius 3 is 1.65 bits per heavy atom. The number of para-hydroxylation sites is 3. The van der Waals surface area contributed by atoms with Crippen LogP contribution in [0.4, 0.5) is 0 Å². The zero-order valence-corrected chi connectivity index (χ0v) is 33.6. The summed E-state index contributed by atoms with van der Waals surface area (Å²) in [7, 11) is 0. The topological polar surface area (TPSA) is 43.6 Å². The van der Waals surface area contributed by atoms with E-state index in [0.29, 0.717) is 17.5 Å². The minimum Gasteiger partial charge on any atom is -0.309 e. The lowest BCUT2D eigenvalue weighted by Gasteiger charge is -2.39. The Bertz CT molecular complexity index is 3570. The Kier molecular flexibility index (Phi) is 7.49. The van der Waals surface area contributed by atoms with E-state index < -0.39 is 5.41 Å². The molecule has 3 heterocycles. The molecule has 1 atom stereocenters. The first-order valence-electron chi connectivity index (χ1n) is 21.2. The Labute approximate surface area is 359 Å². The van der Waals surface area contributed by atoms with E-state index in [2.05, 4.69) is 199 Å². The summed E-state index contributed by atoms with van der Waals surface area (Å²) >= 11 is 0. The molecule has 1 spiro atoms. The summed E-state index contributed by atoms with van der Waals surface area (Å²) in [5, 5.41) is 2.56. The van der Waals surface area contributed by atoms with Gasteiger partial charge in [-0.3, -0.25) is 0 Å². The summed E-state index contributed by atoms with van der Waals surface area (Å²) in [6, 6.07) is 78.6. The second-order valence-electron chi connectivity index (χ2n) is 16.3. The molecule has 0 radical (unpaired) electrons. The molecular formula is C58H36N4. The van der Waals surface area contributed by atoms with Crippen molar-refractivity contribution in [2.24, 2.45) is 0 Å². The molecule has 0 fully saturated rings. The molecule has 0 N–H and O–H groups in total. The van der Waals surface area contributed by atoms with Crippen molar-refractivity contribution in [1.82, 2.24) is 19.5 Å². The van der Waals surface area contributed by atoms with Gasteiger partial charge in [0.2, 0.25) is 0 Å². The number of benzene rings is 9. The average Bonchev–Trinajstić information content (AvgIpc) is 3.85. The standard InChI is InChI=1S/C58H36N4/c1-3-16-37(17-4-1)41-20-13-21-42(36-41)57-60-55(39-18-5-2-6-19-39)59-56(61-57)40-34-32-38(33-35-40)43-24-14-28-49-53(43)46-23-7-9-26-47(46)58(49)48-27-10-12-31-52(48)62-51-30-11-8-22-44(51)45-25-15-29-50(58)54(45)62/h1-36H. The van der Waals surface area contributed by atoms with E-state index in [-0.39, 0.29) is 0 Å². The lowest BCUT2D eigenvalue weighted by atomic mass is 9.65. The van der Waals surface area contributed by atoms with Crippen molar-refractivity contribution in [3.8, 4) is 73.2 Å². The first-order chi connectivity index (χ1) is 30.8. The summed E-state index contributed by atoms with van der Waals surface area (Å²) in [6.07, 6.45) is 0. The van der Waals surface area contributed by atoms with Gasteiger partial charge in [0, 0.05) is 27.5 Å². The average molecular weight is 789 g/mol. The second kappa shape index (κ2) is 13.4. The highest BCUT2D eigenvalue weighted by Crippen LogP contribution is 2.62. The third kappa shape index (κ3) is 4.92. The maximum atomic E-state index is 5.13. The van der Waals surface area contributed by atoms with Crippen LogP contribution in [0.5, 0.6) is 0 Å². The maximum absolute atomic E-state index is 5.13. The van der Waals surface area contributed by atoms with Gasteiger partial charge in [-0.05, 0) is 73.8 Å². The third-order valence-electron chi connectivity index (χ3n) is 13.1. The Hall–Kier alpha value is -8.21. The van der Waals surface area contributed by atoms with Gasteiger partial charge in [-0.15, -0.1) is 0 Å². The Morgan fingerprint density at radius 1 is 0.323 bits per heavy atom. The van der Waals surface area contributed by atoms with E-state index in [1.165, 1.54) is 66.4 Å². The van der Waals surface area contributed by atoms with Crippen LogP contribution in [0.3, 0.4) is 0 Å². The van der Waals surface area contributed by atoms with Gasteiger partial charge in [0.05, 0.1) is 22.1 Å². The predicted molar refractivity (Wildman–Crippen MR) is 252 cm³/mol. The first kappa shape index (κ1) is 34.6. The number of fused-ring (bicyclic) bond motifs is 12. The maximum Gasteiger partial charge on any atom is 0.164 e. The number of nitrogens with zero attached hydrogens (tertiary/aromatic N) is 4. The van der Waals surface area contributed by atoms with Crippen molar-refractivity contribution in [3.05, 3.63) is 241 Å². The molecule has 4 heteroatoms. The van der Waals surface area contributed by atoms with E-state index in [1.54, 1.807) is 0 Å². The van der Waals surface area contributed by atoms with Crippen molar-refractivity contribution >= 4 is 21.8 Å². The van der Waals surface area contributed by atoms with Gasteiger partial charge in [-0.25, -0.2) is 15.0 Å². The van der Waals surface area contributed by atoms with Gasteiger partial charge in [0.1, 0.15) is 0 Å². The van der Waals surface area contributed by atoms with Crippen LogP contribution in [0.1, 0.15) is 22.3 Å². The van der Waals surface area contributed by atoms with Crippen molar-refractivity contribution < 1.29 is 0 Å². The van der Waals surface area contributed by atoms with Gasteiger partial charge in [-0.1, -0.05) is 200 Å². The Morgan fingerprint density at radius 2 is 0.839 bits per heavy atom. The molecule has 2 aliphatic rings. The molecule has 9 aromatic carbocycles. The zero-order chi connectivity index (χ0) is 40.8. The van der Waals surface area contributed by atoms with Gasteiger partial charge in [0.15, 0.2) is 17.5 Å². The molecule has 4 nitrogen and oxygen atoms in total. The fourth-order valence-electron chi connectivity index (χ4n) is 10.5. The lowest BCUT2D eigenvalue weighted by molar-refractivity contribution is 0.748. The normalized spacial score (nSPS) is 14.5. The lowest BCUT2D eigenvalue weighted by Crippen LogP contribution is -2.33. The van der Waals surface area contributed by atoms with E-state index in [9.17, 15) is 0 Å². The van der Waals surface area contributed by atoms with Crippen molar-refractivity contribution in [2.75, 3.05) is 0 Å². The quantitative estimate of drug-likeness (QED) is 0.174. The van der Waals surface area contributed by atoms with Crippen molar-refractivity contribution in [2.45, 2.75) is 5.41 Å². The minimum atomic E-state index is -0.505. The summed E-state index contributed by atoms with van der Waals surface area (Å²) in [5.74, 6) is 1.92. The Balaban J connectivity index is 0.977. The molecule has 0 bridgehead atoms. The second-order valence-corrected chi connectivity index (χ2v) is 16.3. The van der Waals surface area contributed by atoms with E-state index in [4.69, 9.17) is 15.0 Å². The number of hydrogen-bond acceptors (Lipinski definition) is 3. The molecule has 0 saturated heterocycles. The van der Waals surface area contributed by atoms with Crippen LogP contribution in [0, 0.1) is 0 Å². The molecule has 1 unspecified atom stereocenters. The molecule has 1 aliphatic heterocycles. The molecule has 288 valence electrons. The molecule has 11 aromatic rings.